The molecule has 0 aliphatic carbocycles. The molecule has 0 bridgehead atoms. The lowest BCUT2D eigenvalue weighted by atomic mass is 9.85. The third kappa shape index (κ3) is 2.76. The van der Waals surface area contributed by atoms with Crippen molar-refractivity contribution < 1.29 is 9.84 Å². The van der Waals surface area contributed by atoms with Crippen molar-refractivity contribution in [2.45, 2.75) is 37.9 Å². The zero-order valence-electron chi connectivity index (χ0n) is 9.02. The largest absolute Gasteiger partial charge is 0.389 e. The fraction of sp³-hybridized carbons (Fsp3) is 0.583. The molecule has 2 heterocycles. The molecule has 1 saturated heterocycles. The van der Waals surface area contributed by atoms with Crippen LogP contribution in [0, 0.1) is 0 Å². The lowest BCUT2D eigenvalue weighted by Gasteiger charge is -2.35. The second-order valence-corrected chi connectivity index (χ2v) is 4.40. The number of pyridine rings is 1. The molecule has 1 aromatic rings. The predicted molar refractivity (Wildman–Crippen MR) is 57.5 cm³/mol. The van der Waals surface area contributed by atoms with E-state index in [4.69, 9.17) is 4.74 Å². The van der Waals surface area contributed by atoms with Crippen LogP contribution >= 0.6 is 0 Å². The number of aliphatic hydroxyl groups is 1. The standard InChI is InChI=1S/C12H17NO2/c1-10-7-12(14,4-6-15-10)8-11-3-2-5-13-9-11/h2-3,5,9-10,14H,4,6-8H2,1H3. The van der Waals surface area contributed by atoms with Crippen molar-refractivity contribution in [3.63, 3.8) is 0 Å². The van der Waals surface area contributed by atoms with Gasteiger partial charge in [0, 0.05) is 31.8 Å². The number of ether oxygens (including phenoxy) is 1. The van der Waals surface area contributed by atoms with Gasteiger partial charge in [-0.2, -0.15) is 0 Å². The maximum Gasteiger partial charge on any atom is 0.0735 e. The number of nitrogens with zero attached hydrogens (tertiary/aromatic N) is 1. The van der Waals surface area contributed by atoms with Crippen LogP contribution in [0.4, 0.5) is 0 Å². The highest BCUT2D eigenvalue weighted by Gasteiger charge is 2.33. The van der Waals surface area contributed by atoms with Crippen molar-refractivity contribution in [2.24, 2.45) is 0 Å². The van der Waals surface area contributed by atoms with E-state index < -0.39 is 5.60 Å². The van der Waals surface area contributed by atoms with E-state index >= 15 is 0 Å². The Labute approximate surface area is 90.1 Å². The van der Waals surface area contributed by atoms with E-state index in [2.05, 4.69) is 4.98 Å². The summed E-state index contributed by atoms with van der Waals surface area (Å²) in [6.45, 7) is 2.66. The Morgan fingerprint density at radius 3 is 3.20 bits per heavy atom. The van der Waals surface area contributed by atoms with Gasteiger partial charge in [-0.05, 0) is 25.0 Å². The van der Waals surface area contributed by atoms with Crippen LogP contribution < -0.4 is 0 Å². The summed E-state index contributed by atoms with van der Waals surface area (Å²) >= 11 is 0. The Bertz CT molecular complexity index is 315. The van der Waals surface area contributed by atoms with E-state index in [1.54, 1.807) is 6.20 Å². The summed E-state index contributed by atoms with van der Waals surface area (Å²) in [5.41, 5.74) is 0.481. The Kier molecular flexibility index (Phi) is 3.03. The van der Waals surface area contributed by atoms with Crippen LogP contribution in [-0.4, -0.2) is 28.4 Å². The van der Waals surface area contributed by atoms with Gasteiger partial charge in [0.05, 0.1) is 11.7 Å². The predicted octanol–water partition coefficient (Wildman–Crippen LogP) is 1.55. The third-order valence-electron chi connectivity index (χ3n) is 2.89. The molecule has 3 heteroatoms. The fourth-order valence-electron chi connectivity index (χ4n) is 2.19. The van der Waals surface area contributed by atoms with Gasteiger partial charge in [0.25, 0.3) is 0 Å². The lowest BCUT2D eigenvalue weighted by Crippen LogP contribution is -2.41. The lowest BCUT2D eigenvalue weighted by molar-refractivity contribution is -0.0961. The van der Waals surface area contributed by atoms with Crippen molar-refractivity contribution in [3.05, 3.63) is 30.1 Å². The Morgan fingerprint density at radius 2 is 2.53 bits per heavy atom. The highest BCUT2D eigenvalue weighted by molar-refractivity contribution is 5.12. The molecule has 2 atom stereocenters. The SMILES string of the molecule is CC1CC(O)(Cc2cccnc2)CCO1. The highest BCUT2D eigenvalue weighted by atomic mass is 16.5. The van der Waals surface area contributed by atoms with Crippen molar-refractivity contribution in [1.29, 1.82) is 0 Å². The normalized spacial score (nSPS) is 31.5. The van der Waals surface area contributed by atoms with Crippen molar-refractivity contribution in [1.82, 2.24) is 4.98 Å². The number of hydrogen-bond donors (Lipinski definition) is 1. The first-order valence-corrected chi connectivity index (χ1v) is 5.41. The zero-order chi connectivity index (χ0) is 10.7. The summed E-state index contributed by atoms with van der Waals surface area (Å²) in [4.78, 5) is 4.06. The molecule has 0 spiro atoms. The van der Waals surface area contributed by atoms with Gasteiger partial charge in [-0.25, -0.2) is 0 Å². The summed E-state index contributed by atoms with van der Waals surface area (Å²) in [5, 5.41) is 10.4. The molecule has 15 heavy (non-hydrogen) atoms. The molecule has 0 amide bonds. The van der Waals surface area contributed by atoms with Crippen LogP contribution in [0.1, 0.15) is 25.3 Å². The molecule has 1 N–H and O–H groups in total. The summed E-state index contributed by atoms with van der Waals surface area (Å²) < 4.78 is 5.44. The molecule has 2 unspecified atom stereocenters. The van der Waals surface area contributed by atoms with Gasteiger partial charge >= 0.3 is 0 Å². The summed E-state index contributed by atoms with van der Waals surface area (Å²) in [5.74, 6) is 0. The highest BCUT2D eigenvalue weighted by Crippen LogP contribution is 2.27. The van der Waals surface area contributed by atoms with Crippen LogP contribution in [0.15, 0.2) is 24.5 Å². The number of hydrogen-bond acceptors (Lipinski definition) is 3. The average molecular weight is 207 g/mol. The summed E-state index contributed by atoms with van der Waals surface area (Å²) in [6.07, 6.45) is 5.82. The van der Waals surface area contributed by atoms with Crippen LogP contribution in [0.2, 0.25) is 0 Å². The van der Waals surface area contributed by atoms with Crippen molar-refractivity contribution in [3.8, 4) is 0 Å². The molecular weight excluding hydrogens is 190 g/mol. The molecule has 0 saturated carbocycles. The molecule has 82 valence electrons. The van der Waals surface area contributed by atoms with Gasteiger partial charge in [0.15, 0.2) is 0 Å². The van der Waals surface area contributed by atoms with Gasteiger partial charge in [-0.15, -0.1) is 0 Å². The smallest absolute Gasteiger partial charge is 0.0735 e. The van der Waals surface area contributed by atoms with Crippen LogP contribution in [0.25, 0.3) is 0 Å². The van der Waals surface area contributed by atoms with Gasteiger partial charge in [-0.3, -0.25) is 4.98 Å². The van der Waals surface area contributed by atoms with Crippen LogP contribution in [0.5, 0.6) is 0 Å². The van der Waals surface area contributed by atoms with E-state index in [1.165, 1.54) is 0 Å². The first kappa shape index (κ1) is 10.6. The van der Waals surface area contributed by atoms with E-state index in [9.17, 15) is 5.11 Å². The second kappa shape index (κ2) is 4.29. The van der Waals surface area contributed by atoms with Crippen LogP contribution in [0.3, 0.4) is 0 Å². The third-order valence-corrected chi connectivity index (χ3v) is 2.89. The van der Waals surface area contributed by atoms with Crippen molar-refractivity contribution in [2.75, 3.05) is 6.61 Å². The Hall–Kier alpha value is -0.930. The van der Waals surface area contributed by atoms with E-state index in [0.717, 1.165) is 5.56 Å². The Balaban J connectivity index is 2.04. The molecule has 1 aromatic heterocycles. The molecule has 0 aromatic carbocycles. The molecular formula is C12H17NO2. The number of rotatable bonds is 2. The van der Waals surface area contributed by atoms with Gasteiger partial charge in [-0.1, -0.05) is 6.07 Å². The molecule has 2 rings (SSSR count). The van der Waals surface area contributed by atoms with Gasteiger partial charge in [0.2, 0.25) is 0 Å². The topological polar surface area (TPSA) is 42.4 Å². The first-order valence-electron chi connectivity index (χ1n) is 5.41. The van der Waals surface area contributed by atoms with E-state index in [0.29, 0.717) is 25.9 Å². The van der Waals surface area contributed by atoms with Crippen molar-refractivity contribution >= 4 is 0 Å². The second-order valence-electron chi connectivity index (χ2n) is 4.40. The first-order chi connectivity index (χ1) is 7.18. The zero-order valence-corrected chi connectivity index (χ0v) is 9.02. The van der Waals surface area contributed by atoms with Crippen LogP contribution in [-0.2, 0) is 11.2 Å². The molecule has 1 aliphatic rings. The monoisotopic (exact) mass is 207 g/mol. The molecule has 3 nitrogen and oxygen atoms in total. The maximum absolute atomic E-state index is 10.4. The minimum atomic E-state index is -0.610. The minimum Gasteiger partial charge on any atom is -0.389 e. The van der Waals surface area contributed by atoms with Gasteiger partial charge in [0.1, 0.15) is 0 Å². The Morgan fingerprint density at radius 1 is 1.67 bits per heavy atom. The summed E-state index contributed by atoms with van der Waals surface area (Å²) in [7, 11) is 0. The summed E-state index contributed by atoms with van der Waals surface area (Å²) in [6, 6.07) is 3.91. The molecule has 1 aliphatic heterocycles. The maximum atomic E-state index is 10.4. The number of aromatic nitrogens is 1. The molecule has 0 radical (unpaired) electrons. The minimum absolute atomic E-state index is 0.153. The van der Waals surface area contributed by atoms with E-state index in [1.807, 2.05) is 25.3 Å². The molecule has 1 fully saturated rings. The fourth-order valence-corrected chi connectivity index (χ4v) is 2.19. The average Bonchev–Trinajstić information content (AvgIpc) is 2.18. The van der Waals surface area contributed by atoms with Gasteiger partial charge < -0.3 is 9.84 Å². The van der Waals surface area contributed by atoms with E-state index in [-0.39, 0.29) is 6.10 Å². The quantitative estimate of drug-likeness (QED) is 0.800.